The van der Waals surface area contributed by atoms with E-state index in [2.05, 4.69) is 5.32 Å². The lowest BCUT2D eigenvalue weighted by Gasteiger charge is -2.16. The zero-order chi connectivity index (χ0) is 19.2. The molecule has 0 aliphatic carbocycles. The summed E-state index contributed by atoms with van der Waals surface area (Å²) >= 11 is 0. The van der Waals surface area contributed by atoms with Gasteiger partial charge in [-0.3, -0.25) is 4.79 Å². The molecule has 5 nitrogen and oxygen atoms in total. The average molecular weight is 363 g/mol. The van der Waals surface area contributed by atoms with E-state index in [0.717, 1.165) is 21.9 Å². The monoisotopic (exact) mass is 363 g/mol. The summed E-state index contributed by atoms with van der Waals surface area (Å²) in [4.78, 5) is 24.0. The van der Waals surface area contributed by atoms with Gasteiger partial charge >= 0.3 is 5.97 Å². The highest BCUT2D eigenvalue weighted by molar-refractivity contribution is 5.87. The van der Waals surface area contributed by atoms with Crippen LogP contribution in [0.25, 0.3) is 10.8 Å². The predicted octanol–water partition coefficient (Wildman–Crippen LogP) is 3.20. The Bertz CT molecular complexity index is 967. The number of carbonyl (C=O) groups excluding carboxylic acids is 1. The number of rotatable bonds is 7. The Kier molecular flexibility index (Phi) is 5.71. The molecule has 0 radical (unpaired) electrons. The third-order valence-electron chi connectivity index (χ3n) is 4.43. The first kappa shape index (κ1) is 18.5. The normalized spacial score (nSPS) is 11.7. The van der Waals surface area contributed by atoms with E-state index >= 15 is 0 Å². The number of carbonyl (C=O) groups is 2. The van der Waals surface area contributed by atoms with Crippen LogP contribution < -0.4 is 10.1 Å². The Balaban J connectivity index is 1.70. The summed E-state index contributed by atoms with van der Waals surface area (Å²) in [6.07, 6.45) is 0.281. The highest BCUT2D eigenvalue weighted by Gasteiger charge is 2.22. The van der Waals surface area contributed by atoms with Crippen molar-refractivity contribution in [2.45, 2.75) is 18.9 Å². The van der Waals surface area contributed by atoms with Gasteiger partial charge in [-0.05, 0) is 28.0 Å². The van der Waals surface area contributed by atoms with E-state index in [-0.39, 0.29) is 18.7 Å². The Morgan fingerprint density at radius 2 is 1.70 bits per heavy atom. The lowest BCUT2D eigenvalue weighted by atomic mass is 10.0. The van der Waals surface area contributed by atoms with Gasteiger partial charge in [0.1, 0.15) is 11.8 Å². The number of amides is 1. The summed E-state index contributed by atoms with van der Waals surface area (Å²) in [7, 11) is 1.53. The van der Waals surface area contributed by atoms with Crippen molar-refractivity contribution in [3.05, 3.63) is 77.9 Å². The number of ether oxygens (including phenoxy) is 1. The van der Waals surface area contributed by atoms with Crippen molar-refractivity contribution >= 4 is 22.6 Å². The van der Waals surface area contributed by atoms with E-state index in [1.165, 1.54) is 7.11 Å². The molecule has 0 aliphatic rings. The second kappa shape index (κ2) is 8.36. The van der Waals surface area contributed by atoms with Gasteiger partial charge in [-0.1, -0.05) is 60.7 Å². The minimum atomic E-state index is -1.08. The topological polar surface area (TPSA) is 75.6 Å². The van der Waals surface area contributed by atoms with Gasteiger partial charge in [-0.15, -0.1) is 0 Å². The molecule has 0 unspecified atom stereocenters. The van der Waals surface area contributed by atoms with Crippen LogP contribution in [0, 0.1) is 0 Å². The molecule has 3 aromatic carbocycles. The van der Waals surface area contributed by atoms with E-state index in [0.29, 0.717) is 5.75 Å². The smallest absolute Gasteiger partial charge is 0.326 e. The molecule has 5 heteroatoms. The Labute approximate surface area is 157 Å². The third-order valence-corrected chi connectivity index (χ3v) is 4.43. The highest BCUT2D eigenvalue weighted by atomic mass is 16.5. The summed E-state index contributed by atoms with van der Waals surface area (Å²) < 4.78 is 5.26. The fourth-order valence-corrected chi connectivity index (χ4v) is 3.07. The van der Waals surface area contributed by atoms with Gasteiger partial charge in [0.2, 0.25) is 5.91 Å². The van der Waals surface area contributed by atoms with Gasteiger partial charge < -0.3 is 15.2 Å². The summed E-state index contributed by atoms with van der Waals surface area (Å²) in [6, 6.07) is 19.9. The molecule has 1 amide bonds. The van der Waals surface area contributed by atoms with Crippen LogP contribution >= 0.6 is 0 Å². The first-order valence-corrected chi connectivity index (χ1v) is 8.68. The number of fused-ring (bicyclic) bond motifs is 1. The van der Waals surface area contributed by atoms with Gasteiger partial charge in [-0.25, -0.2) is 4.79 Å². The van der Waals surface area contributed by atoms with Crippen LogP contribution in [-0.2, 0) is 22.4 Å². The standard InChI is InChI=1S/C22H21NO4/c1-27-20-9-5-4-8-18(20)14-19(22(25)26)23-21(24)13-15-10-11-16-6-2-3-7-17(16)12-15/h2-12,19H,13-14H2,1H3,(H,23,24)(H,25,26)/t19-/m1/s1. The van der Waals surface area contributed by atoms with Gasteiger partial charge in [0.25, 0.3) is 0 Å². The molecule has 0 saturated heterocycles. The van der Waals surface area contributed by atoms with Crippen LogP contribution in [-0.4, -0.2) is 30.1 Å². The number of nitrogens with one attached hydrogen (secondary N) is 1. The maximum atomic E-state index is 12.4. The van der Waals surface area contributed by atoms with Crippen LogP contribution in [0.4, 0.5) is 0 Å². The molecular weight excluding hydrogens is 342 g/mol. The number of hydrogen-bond donors (Lipinski definition) is 2. The maximum absolute atomic E-state index is 12.4. The number of methoxy groups -OCH3 is 1. The fraction of sp³-hybridized carbons (Fsp3) is 0.182. The van der Waals surface area contributed by atoms with E-state index in [4.69, 9.17) is 4.74 Å². The van der Waals surface area contributed by atoms with Crippen molar-refractivity contribution in [1.29, 1.82) is 0 Å². The number of para-hydroxylation sites is 1. The lowest BCUT2D eigenvalue weighted by molar-refractivity contribution is -0.141. The molecule has 3 aromatic rings. The minimum absolute atomic E-state index is 0.126. The zero-order valence-corrected chi connectivity index (χ0v) is 15.0. The van der Waals surface area contributed by atoms with Crippen LogP contribution in [0.1, 0.15) is 11.1 Å². The molecule has 3 rings (SSSR count). The van der Waals surface area contributed by atoms with Crippen molar-refractivity contribution in [1.82, 2.24) is 5.32 Å². The lowest BCUT2D eigenvalue weighted by Crippen LogP contribution is -2.43. The first-order chi connectivity index (χ1) is 13.1. The first-order valence-electron chi connectivity index (χ1n) is 8.68. The van der Waals surface area contributed by atoms with Crippen LogP contribution in [0.15, 0.2) is 66.7 Å². The quantitative estimate of drug-likeness (QED) is 0.676. The van der Waals surface area contributed by atoms with E-state index < -0.39 is 12.0 Å². The van der Waals surface area contributed by atoms with Crippen molar-refractivity contribution in [3.63, 3.8) is 0 Å². The molecule has 0 bridgehead atoms. The molecule has 0 spiro atoms. The fourth-order valence-electron chi connectivity index (χ4n) is 3.07. The molecule has 27 heavy (non-hydrogen) atoms. The summed E-state index contributed by atoms with van der Waals surface area (Å²) in [5, 5.41) is 14.3. The molecule has 0 saturated carbocycles. The van der Waals surface area contributed by atoms with Gasteiger partial charge in [0.05, 0.1) is 13.5 Å². The highest BCUT2D eigenvalue weighted by Crippen LogP contribution is 2.19. The van der Waals surface area contributed by atoms with Gasteiger partial charge in [0.15, 0.2) is 0 Å². The summed E-state index contributed by atoms with van der Waals surface area (Å²) in [6.45, 7) is 0. The van der Waals surface area contributed by atoms with Gasteiger partial charge in [-0.2, -0.15) is 0 Å². The van der Waals surface area contributed by atoms with Crippen molar-refractivity contribution in [3.8, 4) is 5.75 Å². The second-order valence-corrected chi connectivity index (χ2v) is 6.33. The van der Waals surface area contributed by atoms with E-state index in [9.17, 15) is 14.7 Å². The van der Waals surface area contributed by atoms with E-state index in [1.807, 2.05) is 54.6 Å². The van der Waals surface area contributed by atoms with E-state index in [1.54, 1.807) is 12.1 Å². The van der Waals surface area contributed by atoms with Crippen molar-refractivity contribution in [2.24, 2.45) is 0 Å². The molecule has 1 atom stereocenters. The second-order valence-electron chi connectivity index (χ2n) is 6.33. The maximum Gasteiger partial charge on any atom is 0.326 e. The Morgan fingerprint density at radius 3 is 2.44 bits per heavy atom. The number of aliphatic carboxylic acids is 1. The number of hydrogen-bond acceptors (Lipinski definition) is 3. The molecular formula is C22H21NO4. The Hall–Kier alpha value is -3.34. The largest absolute Gasteiger partial charge is 0.496 e. The zero-order valence-electron chi connectivity index (χ0n) is 15.0. The number of benzene rings is 3. The predicted molar refractivity (Wildman–Crippen MR) is 104 cm³/mol. The molecule has 0 aromatic heterocycles. The van der Waals surface area contributed by atoms with Crippen molar-refractivity contribution in [2.75, 3.05) is 7.11 Å². The third kappa shape index (κ3) is 4.64. The van der Waals surface area contributed by atoms with Crippen LogP contribution in [0.5, 0.6) is 5.75 Å². The molecule has 0 fully saturated rings. The summed E-state index contributed by atoms with van der Waals surface area (Å²) in [5.41, 5.74) is 1.58. The summed E-state index contributed by atoms with van der Waals surface area (Å²) in [5.74, 6) is -0.798. The number of carboxylic acids is 1. The minimum Gasteiger partial charge on any atom is -0.496 e. The Morgan fingerprint density at radius 1 is 1.00 bits per heavy atom. The van der Waals surface area contributed by atoms with Crippen molar-refractivity contribution < 1.29 is 19.4 Å². The van der Waals surface area contributed by atoms with Gasteiger partial charge in [0, 0.05) is 6.42 Å². The van der Waals surface area contributed by atoms with Crippen LogP contribution in [0.3, 0.4) is 0 Å². The van der Waals surface area contributed by atoms with Crippen LogP contribution in [0.2, 0.25) is 0 Å². The molecule has 0 aliphatic heterocycles. The molecule has 0 heterocycles. The number of carboxylic acid groups (broad SMARTS) is 1. The molecule has 2 N–H and O–H groups in total. The molecule has 138 valence electrons. The SMILES string of the molecule is COc1ccccc1C[C@@H](NC(=O)Cc1ccc2ccccc2c1)C(=O)O. The average Bonchev–Trinajstić information content (AvgIpc) is 2.67.